The number of rotatable bonds is 3. The molecule has 0 aromatic heterocycles. The van der Waals surface area contributed by atoms with E-state index >= 15 is 0 Å². The molecule has 104 valence electrons. The fourth-order valence-electron chi connectivity index (χ4n) is 2.18. The number of likely N-dealkylation sites (tertiary alicyclic amines) is 1. The molecule has 1 aliphatic rings. The van der Waals surface area contributed by atoms with Crippen molar-refractivity contribution >= 4 is 24.2 Å². The summed E-state index contributed by atoms with van der Waals surface area (Å²) in [7, 11) is 0. The molecular weight excluding hydrogens is 270 g/mol. The fraction of sp³-hybridized carbons (Fsp3) is 0.333. The van der Waals surface area contributed by atoms with Gasteiger partial charge in [-0.25, -0.2) is 0 Å². The predicted molar refractivity (Wildman–Crippen MR) is 82.1 cm³/mol. The number of hydrogen-bond acceptors (Lipinski definition) is 4. The molecule has 0 spiro atoms. The summed E-state index contributed by atoms with van der Waals surface area (Å²) in [5.74, 6) is -0.236. The molecule has 0 saturated carbocycles. The van der Waals surface area contributed by atoms with Crippen LogP contribution in [0.25, 0.3) is 0 Å². The number of carbonyl (C=O) groups excluding carboxylic acids is 1. The quantitative estimate of drug-likeness (QED) is 0.510. The van der Waals surface area contributed by atoms with E-state index in [0.717, 1.165) is 38.0 Å². The molecule has 5 heteroatoms. The van der Waals surface area contributed by atoms with E-state index in [-0.39, 0.29) is 11.5 Å². The average molecular weight is 287 g/mol. The smallest absolute Gasteiger partial charge is 0.267 e. The van der Waals surface area contributed by atoms with Crippen LogP contribution in [0.15, 0.2) is 40.9 Å². The van der Waals surface area contributed by atoms with Crippen molar-refractivity contribution in [3.05, 3.63) is 40.9 Å². The van der Waals surface area contributed by atoms with E-state index in [0.29, 0.717) is 5.03 Å². The first-order valence-electron chi connectivity index (χ1n) is 6.67. The molecular formula is C15H17N3OS. The maximum absolute atomic E-state index is 12.3. The van der Waals surface area contributed by atoms with Crippen LogP contribution in [0, 0.1) is 11.3 Å². The minimum atomic E-state index is -0.236. The van der Waals surface area contributed by atoms with Crippen molar-refractivity contribution in [2.24, 2.45) is 0 Å². The number of nitrogens with zero attached hydrogens (tertiary/aromatic N) is 2. The molecule has 1 saturated heterocycles. The van der Waals surface area contributed by atoms with Gasteiger partial charge in [0.25, 0.3) is 5.91 Å². The molecule has 0 radical (unpaired) electrons. The molecule has 1 heterocycles. The molecule has 1 aliphatic heterocycles. The zero-order valence-electron chi connectivity index (χ0n) is 11.2. The lowest BCUT2D eigenvalue weighted by Crippen LogP contribution is -2.36. The largest absolute Gasteiger partial charge is 0.349 e. The topological polar surface area (TPSA) is 56.1 Å². The van der Waals surface area contributed by atoms with Crippen LogP contribution >= 0.6 is 12.6 Å². The summed E-state index contributed by atoms with van der Waals surface area (Å²) >= 11 is 4.27. The fourth-order valence-corrected chi connectivity index (χ4v) is 2.45. The predicted octanol–water partition coefficient (Wildman–Crippen LogP) is 2.78. The summed E-state index contributed by atoms with van der Waals surface area (Å²) in [6.45, 7) is 1.44. The molecule has 2 rings (SSSR count). The van der Waals surface area contributed by atoms with Crippen molar-refractivity contribution in [2.45, 2.75) is 19.3 Å². The van der Waals surface area contributed by atoms with Crippen molar-refractivity contribution < 1.29 is 4.79 Å². The Kier molecular flexibility index (Phi) is 5.08. The van der Waals surface area contributed by atoms with Gasteiger partial charge in [0.05, 0.1) is 5.03 Å². The van der Waals surface area contributed by atoms with E-state index in [9.17, 15) is 10.1 Å². The second kappa shape index (κ2) is 7.01. The molecule has 1 N–H and O–H groups in total. The molecule has 0 aliphatic carbocycles. The molecule has 0 atom stereocenters. The van der Waals surface area contributed by atoms with Gasteiger partial charge in [0.1, 0.15) is 11.6 Å². The number of amides is 1. The molecule has 0 bridgehead atoms. The summed E-state index contributed by atoms with van der Waals surface area (Å²) in [5, 5.41) is 12.5. The highest BCUT2D eigenvalue weighted by molar-refractivity contribution is 7.84. The Bertz CT molecular complexity index is 542. The van der Waals surface area contributed by atoms with E-state index in [2.05, 4.69) is 17.9 Å². The monoisotopic (exact) mass is 287 g/mol. The number of thiol groups is 1. The number of carbonyl (C=O) groups is 1. The van der Waals surface area contributed by atoms with E-state index in [1.807, 2.05) is 36.4 Å². The van der Waals surface area contributed by atoms with Gasteiger partial charge in [-0.2, -0.15) is 5.26 Å². The van der Waals surface area contributed by atoms with Crippen LogP contribution in [0.5, 0.6) is 0 Å². The van der Waals surface area contributed by atoms with E-state index in [1.54, 1.807) is 4.90 Å². The number of hydrogen-bond donors (Lipinski definition) is 2. The summed E-state index contributed by atoms with van der Waals surface area (Å²) in [4.78, 5) is 14.0. The Hall–Kier alpha value is -1.93. The van der Waals surface area contributed by atoms with Gasteiger partial charge in [-0.15, -0.1) is 12.6 Å². The minimum Gasteiger partial charge on any atom is -0.349 e. The van der Waals surface area contributed by atoms with Crippen LogP contribution in [0.3, 0.4) is 0 Å². The number of para-hydroxylation sites is 1. The summed E-state index contributed by atoms with van der Waals surface area (Å²) in [6.07, 6.45) is 3.14. The average Bonchev–Trinajstić information content (AvgIpc) is 2.49. The zero-order valence-corrected chi connectivity index (χ0v) is 12.1. The van der Waals surface area contributed by atoms with Gasteiger partial charge in [-0.1, -0.05) is 18.2 Å². The maximum atomic E-state index is 12.3. The Balaban J connectivity index is 2.15. The zero-order chi connectivity index (χ0) is 14.4. The summed E-state index contributed by atoms with van der Waals surface area (Å²) < 4.78 is 0. The van der Waals surface area contributed by atoms with Gasteiger partial charge in [0, 0.05) is 18.8 Å². The maximum Gasteiger partial charge on any atom is 0.267 e. The first-order valence-corrected chi connectivity index (χ1v) is 7.12. The highest BCUT2D eigenvalue weighted by Crippen LogP contribution is 2.18. The van der Waals surface area contributed by atoms with E-state index in [1.165, 1.54) is 0 Å². The molecule has 1 amide bonds. The van der Waals surface area contributed by atoms with Crippen molar-refractivity contribution in [3.8, 4) is 6.07 Å². The number of benzene rings is 1. The standard InChI is InChI=1S/C15H17N3OS/c16-11-13(15(19)18-9-5-2-6-10-18)14(20)17-12-7-3-1-4-8-12/h1,3-4,7-8,17,20H,2,5-6,9-10H2/b14-13+. The highest BCUT2D eigenvalue weighted by Gasteiger charge is 2.22. The molecule has 20 heavy (non-hydrogen) atoms. The first kappa shape index (κ1) is 14.5. The SMILES string of the molecule is N#C/C(C(=O)N1CCCCC1)=C(\S)Nc1ccccc1. The Morgan fingerprint density at radius 1 is 1.20 bits per heavy atom. The van der Waals surface area contributed by atoms with Crippen LogP contribution in [0.1, 0.15) is 19.3 Å². The third kappa shape index (κ3) is 3.55. The van der Waals surface area contributed by atoms with Crippen molar-refractivity contribution in [2.75, 3.05) is 18.4 Å². The summed E-state index contributed by atoms with van der Waals surface area (Å²) in [6, 6.07) is 11.3. The number of nitrogens with one attached hydrogen (secondary N) is 1. The van der Waals surface area contributed by atoms with Crippen LogP contribution in [0.2, 0.25) is 0 Å². The van der Waals surface area contributed by atoms with Crippen LogP contribution in [-0.4, -0.2) is 23.9 Å². The molecule has 0 unspecified atom stereocenters. The number of anilines is 1. The van der Waals surface area contributed by atoms with Gasteiger partial charge in [-0.05, 0) is 31.4 Å². The van der Waals surface area contributed by atoms with Crippen LogP contribution in [-0.2, 0) is 4.79 Å². The molecule has 1 aromatic rings. The van der Waals surface area contributed by atoms with Crippen molar-refractivity contribution in [1.29, 1.82) is 5.26 Å². The van der Waals surface area contributed by atoms with Crippen molar-refractivity contribution in [3.63, 3.8) is 0 Å². The normalized spacial score (nSPS) is 16.1. The lowest BCUT2D eigenvalue weighted by molar-refractivity contribution is -0.127. The van der Waals surface area contributed by atoms with Crippen LogP contribution < -0.4 is 5.32 Å². The van der Waals surface area contributed by atoms with Crippen molar-refractivity contribution in [1.82, 2.24) is 4.90 Å². The Morgan fingerprint density at radius 2 is 1.85 bits per heavy atom. The van der Waals surface area contributed by atoms with Gasteiger partial charge in [0.2, 0.25) is 0 Å². The van der Waals surface area contributed by atoms with Gasteiger partial charge >= 0.3 is 0 Å². The summed E-state index contributed by atoms with van der Waals surface area (Å²) in [5.41, 5.74) is 0.871. The molecule has 1 fully saturated rings. The Morgan fingerprint density at radius 3 is 2.45 bits per heavy atom. The highest BCUT2D eigenvalue weighted by atomic mass is 32.1. The lowest BCUT2D eigenvalue weighted by Gasteiger charge is -2.26. The van der Waals surface area contributed by atoms with E-state index < -0.39 is 0 Å². The first-order chi connectivity index (χ1) is 9.72. The lowest BCUT2D eigenvalue weighted by atomic mass is 10.1. The van der Waals surface area contributed by atoms with Crippen LogP contribution in [0.4, 0.5) is 5.69 Å². The second-order valence-corrected chi connectivity index (χ2v) is 5.13. The molecule has 1 aromatic carbocycles. The van der Waals surface area contributed by atoms with E-state index in [4.69, 9.17) is 0 Å². The van der Waals surface area contributed by atoms with Gasteiger partial charge < -0.3 is 10.2 Å². The number of nitriles is 1. The van der Waals surface area contributed by atoms with Gasteiger partial charge in [-0.3, -0.25) is 4.79 Å². The third-order valence-corrected chi connectivity index (χ3v) is 3.58. The molecule has 4 nitrogen and oxygen atoms in total. The second-order valence-electron chi connectivity index (χ2n) is 4.68. The third-order valence-electron chi connectivity index (χ3n) is 3.24. The minimum absolute atomic E-state index is 0.0686. The van der Waals surface area contributed by atoms with Gasteiger partial charge in [0.15, 0.2) is 0 Å². The number of piperidine rings is 1. The Labute approximate surface area is 124 Å².